The van der Waals surface area contributed by atoms with E-state index in [1.165, 1.54) is 19.5 Å². The van der Waals surface area contributed by atoms with Gasteiger partial charge in [-0.1, -0.05) is 22.6 Å². The van der Waals surface area contributed by atoms with E-state index in [0.29, 0.717) is 0 Å². The third kappa shape index (κ3) is 1.57. The Morgan fingerprint density at radius 3 is 2.57 bits per heavy atom. The number of hydrogen-bond acceptors (Lipinski definition) is 1. The van der Waals surface area contributed by atoms with Crippen LogP contribution in [0.5, 0.6) is 0 Å². The number of likely N-dealkylation sites (tertiary alicyclic amines) is 1. The molecule has 0 aromatic rings. The first kappa shape index (κ1) is 5.82. The molecule has 0 N–H and O–H groups in total. The minimum Gasteiger partial charge on any atom is -0.305 e. The molecular formula is C5H9IN. The molecule has 0 unspecified atom stereocenters. The summed E-state index contributed by atoms with van der Waals surface area (Å²) in [5.74, 6) is 0. The maximum atomic E-state index is 2.42. The molecule has 0 saturated carbocycles. The molecule has 0 atom stereocenters. The maximum absolute atomic E-state index is 2.42. The summed E-state index contributed by atoms with van der Waals surface area (Å²) in [7, 11) is 2.16. The van der Waals surface area contributed by atoms with Gasteiger partial charge in [-0.05, 0) is 20.0 Å². The van der Waals surface area contributed by atoms with Crippen LogP contribution in [0, 0.1) is 3.92 Å². The van der Waals surface area contributed by atoms with E-state index in [-0.39, 0.29) is 0 Å². The van der Waals surface area contributed by atoms with Gasteiger partial charge in [0, 0.05) is 6.54 Å². The minimum atomic E-state index is 1.21. The fourth-order valence-electron chi connectivity index (χ4n) is 0.763. The highest BCUT2D eigenvalue weighted by Crippen LogP contribution is 2.22. The fraction of sp³-hybridized carbons (Fsp3) is 0.800. The first-order chi connectivity index (χ1) is 3.29. The van der Waals surface area contributed by atoms with E-state index in [2.05, 4.69) is 34.5 Å². The van der Waals surface area contributed by atoms with E-state index in [9.17, 15) is 0 Å². The number of hydrogen-bond donors (Lipinski definition) is 0. The van der Waals surface area contributed by atoms with E-state index < -0.39 is 0 Å². The average molecular weight is 210 g/mol. The lowest BCUT2D eigenvalue weighted by atomic mass is 10.4. The highest BCUT2D eigenvalue weighted by atomic mass is 127. The van der Waals surface area contributed by atoms with Crippen LogP contribution < -0.4 is 0 Å². The molecule has 0 spiro atoms. The molecule has 1 radical (unpaired) electrons. The summed E-state index contributed by atoms with van der Waals surface area (Å²) in [6, 6.07) is 0. The Bertz CT molecular complexity index is 57.1. The Hall–Kier alpha value is 0.690. The van der Waals surface area contributed by atoms with Gasteiger partial charge < -0.3 is 4.90 Å². The molecule has 0 aliphatic carbocycles. The lowest BCUT2D eigenvalue weighted by Gasteiger charge is -2.02. The minimum absolute atomic E-state index is 1.21. The van der Waals surface area contributed by atoms with E-state index >= 15 is 0 Å². The molecule has 1 saturated heterocycles. The Kier molecular flexibility index (Phi) is 1.92. The van der Waals surface area contributed by atoms with Gasteiger partial charge >= 0.3 is 0 Å². The van der Waals surface area contributed by atoms with Crippen LogP contribution in [0.3, 0.4) is 0 Å². The van der Waals surface area contributed by atoms with Crippen LogP contribution in [0.4, 0.5) is 0 Å². The van der Waals surface area contributed by atoms with Gasteiger partial charge in [0.15, 0.2) is 0 Å². The van der Waals surface area contributed by atoms with Crippen molar-refractivity contribution in [3.8, 4) is 0 Å². The standard InChI is InChI=1S/C5H9IN/c1-7-3-2-5(6)4-7/h2-4H2,1H3. The molecule has 1 nitrogen and oxygen atoms in total. The second kappa shape index (κ2) is 2.31. The molecule has 0 aromatic carbocycles. The van der Waals surface area contributed by atoms with Crippen LogP contribution in [-0.4, -0.2) is 25.0 Å². The third-order valence-electron chi connectivity index (χ3n) is 1.21. The SMILES string of the molecule is CN1CC[C](I)C1. The Labute approximate surface area is 58.2 Å². The Morgan fingerprint density at radius 1 is 1.71 bits per heavy atom. The summed E-state index contributed by atoms with van der Waals surface area (Å²) in [5, 5.41) is 0. The topological polar surface area (TPSA) is 3.24 Å². The van der Waals surface area contributed by atoms with Crippen LogP contribution >= 0.6 is 22.6 Å². The van der Waals surface area contributed by atoms with Crippen molar-refractivity contribution in [2.45, 2.75) is 6.42 Å². The summed E-state index contributed by atoms with van der Waals surface area (Å²) >= 11 is 2.42. The van der Waals surface area contributed by atoms with Gasteiger partial charge in [-0.2, -0.15) is 0 Å². The summed E-state index contributed by atoms with van der Waals surface area (Å²) in [5.41, 5.74) is 0. The highest BCUT2D eigenvalue weighted by molar-refractivity contribution is 14.1. The van der Waals surface area contributed by atoms with Crippen molar-refractivity contribution in [2.75, 3.05) is 20.1 Å². The van der Waals surface area contributed by atoms with Crippen molar-refractivity contribution in [1.82, 2.24) is 4.90 Å². The Morgan fingerprint density at radius 2 is 2.43 bits per heavy atom. The van der Waals surface area contributed by atoms with Crippen LogP contribution in [0.2, 0.25) is 0 Å². The molecule has 0 aromatic heterocycles. The van der Waals surface area contributed by atoms with E-state index in [0.717, 1.165) is 0 Å². The van der Waals surface area contributed by atoms with Crippen LogP contribution in [0.1, 0.15) is 6.42 Å². The lowest BCUT2D eigenvalue weighted by molar-refractivity contribution is 0.424. The molecule has 0 bridgehead atoms. The summed E-state index contributed by atoms with van der Waals surface area (Å²) < 4.78 is 1.60. The van der Waals surface area contributed by atoms with E-state index in [1.54, 1.807) is 3.92 Å². The molecule has 1 heterocycles. The van der Waals surface area contributed by atoms with Crippen LogP contribution in [0.15, 0.2) is 0 Å². The van der Waals surface area contributed by atoms with Gasteiger partial charge in [0.1, 0.15) is 0 Å². The van der Waals surface area contributed by atoms with Gasteiger partial charge in [-0.3, -0.25) is 0 Å². The van der Waals surface area contributed by atoms with E-state index in [4.69, 9.17) is 0 Å². The molecule has 2 heteroatoms. The van der Waals surface area contributed by atoms with Crippen molar-refractivity contribution >= 4 is 22.6 Å². The second-order valence-corrected chi connectivity index (χ2v) is 3.53. The van der Waals surface area contributed by atoms with Crippen molar-refractivity contribution in [3.05, 3.63) is 3.92 Å². The summed E-state index contributed by atoms with van der Waals surface area (Å²) in [4.78, 5) is 2.34. The maximum Gasteiger partial charge on any atom is 0.0519 e. The molecule has 1 rings (SSSR count). The van der Waals surface area contributed by atoms with Crippen molar-refractivity contribution in [2.24, 2.45) is 0 Å². The fourth-order valence-corrected chi connectivity index (χ4v) is 1.59. The van der Waals surface area contributed by atoms with Gasteiger partial charge in [-0.25, -0.2) is 0 Å². The molecule has 41 valence electrons. The quantitative estimate of drug-likeness (QED) is 0.544. The van der Waals surface area contributed by atoms with E-state index in [1.807, 2.05) is 0 Å². The van der Waals surface area contributed by atoms with Crippen molar-refractivity contribution in [1.29, 1.82) is 0 Å². The highest BCUT2D eigenvalue weighted by Gasteiger charge is 2.15. The third-order valence-corrected chi connectivity index (χ3v) is 2.09. The molecule has 0 amide bonds. The molecule has 1 aliphatic heterocycles. The Balaban J connectivity index is 2.26. The first-order valence-electron chi connectivity index (χ1n) is 2.48. The van der Waals surface area contributed by atoms with Crippen molar-refractivity contribution < 1.29 is 0 Å². The lowest BCUT2D eigenvalue weighted by Crippen LogP contribution is -2.11. The normalized spacial score (nSPS) is 26.6. The van der Waals surface area contributed by atoms with Crippen LogP contribution in [0.25, 0.3) is 0 Å². The predicted molar refractivity (Wildman–Crippen MR) is 39.4 cm³/mol. The summed E-state index contributed by atoms with van der Waals surface area (Å²) in [6.07, 6.45) is 1.30. The smallest absolute Gasteiger partial charge is 0.0519 e. The zero-order valence-electron chi connectivity index (χ0n) is 4.45. The first-order valence-corrected chi connectivity index (χ1v) is 3.55. The van der Waals surface area contributed by atoms with Gasteiger partial charge in [0.05, 0.1) is 3.92 Å². The monoisotopic (exact) mass is 210 g/mol. The number of nitrogens with zero attached hydrogens (tertiary/aromatic N) is 1. The van der Waals surface area contributed by atoms with Gasteiger partial charge in [0.25, 0.3) is 0 Å². The van der Waals surface area contributed by atoms with Gasteiger partial charge in [0.2, 0.25) is 0 Å². The molecular weight excluding hydrogens is 201 g/mol. The summed E-state index contributed by atoms with van der Waals surface area (Å²) in [6.45, 7) is 2.47. The molecule has 1 fully saturated rings. The van der Waals surface area contributed by atoms with Crippen molar-refractivity contribution in [3.63, 3.8) is 0 Å². The predicted octanol–water partition coefficient (Wildman–Crippen LogP) is 1.29. The van der Waals surface area contributed by atoms with Gasteiger partial charge in [-0.15, -0.1) is 0 Å². The molecule has 1 aliphatic rings. The van der Waals surface area contributed by atoms with Crippen LogP contribution in [-0.2, 0) is 0 Å². The average Bonchev–Trinajstić information content (AvgIpc) is 1.87. The zero-order chi connectivity index (χ0) is 5.28. The zero-order valence-corrected chi connectivity index (χ0v) is 6.60. The number of halogens is 1. The number of rotatable bonds is 0. The molecule has 7 heavy (non-hydrogen) atoms. The largest absolute Gasteiger partial charge is 0.305 e. The second-order valence-electron chi connectivity index (χ2n) is 2.01.